The molecule has 0 spiro atoms. The van der Waals surface area contributed by atoms with Gasteiger partial charge < -0.3 is 15.7 Å². The standard InChI is InChI=1S/C16H22BrN5O2S/c1-10(11(2)23)19-15-14(17)9-18-16(21-15)20-12-5-7-13(8-6-12)22-25(3,4)24/h5-11,23H,1-4H3,(H2,18,19,20,21)/t10-,11-/m1/s1. The van der Waals surface area contributed by atoms with Crippen LogP contribution in [0.25, 0.3) is 0 Å². The van der Waals surface area contributed by atoms with Crippen LogP contribution in [-0.4, -0.2) is 43.9 Å². The normalized spacial score (nSPS) is 13.8. The van der Waals surface area contributed by atoms with E-state index in [2.05, 4.69) is 40.9 Å². The van der Waals surface area contributed by atoms with Gasteiger partial charge in [-0.2, -0.15) is 9.35 Å². The van der Waals surface area contributed by atoms with Crippen molar-refractivity contribution in [1.29, 1.82) is 0 Å². The molecule has 0 radical (unpaired) electrons. The van der Waals surface area contributed by atoms with Crippen molar-refractivity contribution in [1.82, 2.24) is 9.97 Å². The van der Waals surface area contributed by atoms with Crippen molar-refractivity contribution in [3.8, 4) is 0 Å². The van der Waals surface area contributed by atoms with E-state index in [0.717, 1.165) is 5.69 Å². The smallest absolute Gasteiger partial charge is 0.229 e. The zero-order chi connectivity index (χ0) is 18.6. The summed E-state index contributed by atoms with van der Waals surface area (Å²) in [6.45, 7) is 3.58. The number of benzene rings is 1. The van der Waals surface area contributed by atoms with Gasteiger partial charge >= 0.3 is 0 Å². The molecular weight excluding hydrogens is 406 g/mol. The molecule has 0 aliphatic carbocycles. The van der Waals surface area contributed by atoms with Gasteiger partial charge in [-0.15, -0.1) is 0 Å². The first-order valence-corrected chi connectivity index (χ1v) is 10.8. The summed E-state index contributed by atoms with van der Waals surface area (Å²) in [5, 5.41) is 15.9. The molecule has 0 amide bonds. The summed E-state index contributed by atoms with van der Waals surface area (Å²) in [7, 11) is -2.18. The number of hydrogen-bond acceptors (Lipinski definition) is 7. The van der Waals surface area contributed by atoms with Gasteiger partial charge in [-0.05, 0) is 54.0 Å². The molecule has 1 heterocycles. The number of rotatable bonds is 6. The highest BCUT2D eigenvalue weighted by Gasteiger charge is 2.12. The van der Waals surface area contributed by atoms with Crippen LogP contribution in [0.4, 0.5) is 23.1 Å². The third-order valence-corrected chi connectivity index (χ3v) is 4.51. The summed E-state index contributed by atoms with van der Waals surface area (Å²) in [5.41, 5.74) is 1.44. The van der Waals surface area contributed by atoms with Crippen LogP contribution in [0, 0.1) is 0 Å². The molecule has 0 unspecified atom stereocenters. The van der Waals surface area contributed by atoms with Crippen molar-refractivity contribution in [3.63, 3.8) is 0 Å². The Bertz CT molecular complexity index is 840. The number of nitrogens with zero attached hydrogens (tertiary/aromatic N) is 3. The fourth-order valence-corrected chi connectivity index (χ4v) is 2.79. The SMILES string of the molecule is C[C@@H](O)[C@@H](C)Nc1nc(Nc2ccc(N=S(C)(C)=O)cc2)ncc1Br. The van der Waals surface area contributed by atoms with Gasteiger partial charge in [0, 0.05) is 34.1 Å². The maximum atomic E-state index is 11.7. The molecule has 9 heteroatoms. The molecule has 25 heavy (non-hydrogen) atoms. The van der Waals surface area contributed by atoms with Crippen LogP contribution >= 0.6 is 15.9 Å². The summed E-state index contributed by atoms with van der Waals surface area (Å²) in [4.78, 5) is 8.64. The number of hydrogen-bond donors (Lipinski definition) is 3. The van der Waals surface area contributed by atoms with E-state index in [1.807, 2.05) is 19.1 Å². The molecule has 0 aliphatic heterocycles. The predicted molar refractivity (Wildman–Crippen MR) is 106 cm³/mol. The topological polar surface area (TPSA) is 99.5 Å². The second kappa shape index (κ2) is 8.11. The number of aliphatic hydroxyl groups excluding tert-OH is 1. The van der Waals surface area contributed by atoms with Crippen LogP contribution in [0.1, 0.15) is 13.8 Å². The van der Waals surface area contributed by atoms with E-state index in [1.54, 1.807) is 37.8 Å². The lowest BCUT2D eigenvalue weighted by Crippen LogP contribution is -2.28. The van der Waals surface area contributed by atoms with E-state index < -0.39 is 15.8 Å². The molecule has 0 bridgehead atoms. The molecule has 0 saturated carbocycles. The van der Waals surface area contributed by atoms with Crippen LogP contribution in [0.2, 0.25) is 0 Å². The molecule has 2 rings (SSSR count). The van der Waals surface area contributed by atoms with Crippen LogP contribution in [-0.2, 0) is 9.73 Å². The van der Waals surface area contributed by atoms with Gasteiger partial charge in [-0.3, -0.25) is 0 Å². The molecule has 0 saturated heterocycles. The van der Waals surface area contributed by atoms with Gasteiger partial charge in [0.25, 0.3) is 0 Å². The maximum absolute atomic E-state index is 11.7. The summed E-state index contributed by atoms with van der Waals surface area (Å²) < 4.78 is 16.6. The Morgan fingerprint density at radius 3 is 2.44 bits per heavy atom. The largest absolute Gasteiger partial charge is 0.391 e. The molecule has 1 aromatic heterocycles. The number of nitrogens with one attached hydrogen (secondary N) is 2. The van der Waals surface area contributed by atoms with Gasteiger partial charge in [-0.1, -0.05) is 0 Å². The fraction of sp³-hybridized carbons (Fsp3) is 0.375. The predicted octanol–water partition coefficient (Wildman–Crippen LogP) is 3.52. The minimum Gasteiger partial charge on any atom is -0.391 e. The Hall–Kier alpha value is -1.71. The molecule has 0 fully saturated rings. The highest BCUT2D eigenvalue weighted by Crippen LogP contribution is 2.24. The highest BCUT2D eigenvalue weighted by molar-refractivity contribution is 9.10. The second-order valence-electron chi connectivity index (χ2n) is 6.01. The van der Waals surface area contributed by atoms with Crippen molar-refractivity contribution in [3.05, 3.63) is 34.9 Å². The number of aromatic nitrogens is 2. The Labute approximate surface area is 156 Å². The first-order valence-electron chi connectivity index (χ1n) is 7.65. The lowest BCUT2D eigenvalue weighted by atomic mass is 10.2. The van der Waals surface area contributed by atoms with Crippen LogP contribution < -0.4 is 10.6 Å². The molecule has 2 atom stereocenters. The minimum atomic E-state index is -2.18. The fourth-order valence-electron chi connectivity index (χ4n) is 1.85. The van der Waals surface area contributed by atoms with Gasteiger partial charge in [0.15, 0.2) is 0 Å². The van der Waals surface area contributed by atoms with Crippen molar-refractivity contribution in [2.45, 2.75) is 26.0 Å². The molecule has 0 aliphatic rings. The van der Waals surface area contributed by atoms with E-state index in [0.29, 0.717) is 21.9 Å². The van der Waals surface area contributed by atoms with E-state index in [4.69, 9.17) is 0 Å². The Kier molecular flexibility index (Phi) is 6.36. The van der Waals surface area contributed by atoms with Crippen molar-refractivity contribution >= 4 is 48.8 Å². The van der Waals surface area contributed by atoms with Gasteiger partial charge in [0.1, 0.15) is 5.82 Å². The number of aliphatic hydroxyl groups is 1. The maximum Gasteiger partial charge on any atom is 0.229 e. The van der Waals surface area contributed by atoms with Gasteiger partial charge in [0.05, 0.1) is 22.3 Å². The molecule has 1 aromatic carbocycles. The van der Waals surface area contributed by atoms with E-state index >= 15 is 0 Å². The van der Waals surface area contributed by atoms with E-state index in [1.165, 1.54) is 0 Å². The summed E-state index contributed by atoms with van der Waals surface area (Å²) in [6, 6.07) is 7.05. The van der Waals surface area contributed by atoms with Crippen LogP contribution in [0.3, 0.4) is 0 Å². The third kappa shape index (κ3) is 6.26. The second-order valence-corrected chi connectivity index (χ2v) is 9.41. The molecule has 3 N–H and O–H groups in total. The zero-order valence-electron chi connectivity index (χ0n) is 14.5. The Morgan fingerprint density at radius 2 is 1.88 bits per heavy atom. The first-order chi connectivity index (χ1) is 11.6. The molecule has 136 valence electrons. The Balaban J connectivity index is 2.16. The summed E-state index contributed by atoms with van der Waals surface area (Å²) in [6.07, 6.45) is 4.32. The van der Waals surface area contributed by atoms with Crippen LogP contribution in [0.5, 0.6) is 0 Å². The number of anilines is 3. The van der Waals surface area contributed by atoms with E-state index in [-0.39, 0.29) is 6.04 Å². The zero-order valence-corrected chi connectivity index (χ0v) is 16.9. The quantitative estimate of drug-likeness (QED) is 0.651. The molecule has 2 aromatic rings. The summed E-state index contributed by atoms with van der Waals surface area (Å²) >= 11 is 3.39. The van der Waals surface area contributed by atoms with Crippen molar-refractivity contribution in [2.75, 3.05) is 23.1 Å². The van der Waals surface area contributed by atoms with Gasteiger partial charge in [0.2, 0.25) is 5.95 Å². The minimum absolute atomic E-state index is 0.155. The highest BCUT2D eigenvalue weighted by atomic mass is 79.9. The average Bonchev–Trinajstić information content (AvgIpc) is 2.51. The average molecular weight is 428 g/mol. The summed E-state index contributed by atoms with van der Waals surface area (Å²) in [5.74, 6) is 1.01. The number of halogens is 1. The lowest BCUT2D eigenvalue weighted by molar-refractivity contribution is 0.177. The van der Waals surface area contributed by atoms with E-state index in [9.17, 15) is 9.32 Å². The Morgan fingerprint density at radius 1 is 1.24 bits per heavy atom. The van der Waals surface area contributed by atoms with Crippen molar-refractivity contribution < 1.29 is 9.32 Å². The third-order valence-electron chi connectivity index (χ3n) is 3.28. The van der Waals surface area contributed by atoms with Crippen molar-refractivity contribution in [2.24, 2.45) is 4.36 Å². The van der Waals surface area contributed by atoms with Gasteiger partial charge in [-0.25, -0.2) is 9.19 Å². The monoisotopic (exact) mass is 427 g/mol. The van der Waals surface area contributed by atoms with Crippen LogP contribution in [0.15, 0.2) is 39.3 Å². The molecule has 7 nitrogen and oxygen atoms in total. The first kappa shape index (κ1) is 19.6. The molecular formula is C16H22BrN5O2S. The lowest BCUT2D eigenvalue weighted by Gasteiger charge is -2.18.